The number of hydrogen-bond donors (Lipinski definition) is 1. The van der Waals surface area contributed by atoms with Crippen LogP contribution in [0.4, 0.5) is 0 Å². The Kier molecular flexibility index (Phi) is 5.44. The van der Waals surface area contributed by atoms with E-state index >= 15 is 0 Å². The van der Waals surface area contributed by atoms with Gasteiger partial charge in [0.1, 0.15) is 0 Å². The lowest BCUT2D eigenvalue weighted by atomic mass is 9.96. The first kappa shape index (κ1) is 14.9. The quantitative estimate of drug-likeness (QED) is 0.842. The standard InChI is InChI=1S/C16H23N3O/c1-4-17-16(12(2)9-10-20-3)15-11-18-13-7-5-6-8-14(13)19-15/h5-8,11-12,16-17H,4,9-10H2,1-3H3. The molecule has 1 N–H and O–H groups in total. The van der Waals surface area contributed by atoms with Gasteiger partial charge in [-0.25, -0.2) is 4.98 Å². The second-order valence-electron chi connectivity index (χ2n) is 5.08. The van der Waals surface area contributed by atoms with Crippen molar-refractivity contribution in [3.63, 3.8) is 0 Å². The SMILES string of the molecule is CCNC(c1cnc2ccccc2n1)C(C)CCOC. The Morgan fingerprint density at radius 2 is 2.00 bits per heavy atom. The zero-order valence-corrected chi connectivity index (χ0v) is 12.5. The first-order chi connectivity index (χ1) is 9.76. The molecular formula is C16H23N3O. The van der Waals surface area contributed by atoms with Crippen LogP contribution in [0.15, 0.2) is 30.5 Å². The van der Waals surface area contributed by atoms with Crippen molar-refractivity contribution < 1.29 is 4.74 Å². The Bertz CT molecular complexity index is 544. The smallest absolute Gasteiger partial charge is 0.0890 e. The Morgan fingerprint density at radius 1 is 1.25 bits per heavy atom. The Balaban J connectivity index is 2.25. The van der Waals surface area contributed by atoms with Crippen molar-refractivity contribution >= 4 is 11.0 Å². The predicted octanol–water partition coefficient (Wildman–Crippen LogP) is 2.95. The normalized spacial score (nSPS) is 14.3. The molecule has 0 aliphatic carbocycles. The number of methoxy groups -OCH3 is 1. The number of rotatable bonds is 7. The molecule has 0 spiro atoms. The summed E-state index contributed by atoms with van der Waals surface area (Å²) in [6.07, 6.45) is 2.89. The van der Waals surface area contributed by atoms with Gasteiger partial charge < -0.3 is 10.1 Å². The second-order valence-corrected chi connectivity index (χ2v) is 5.08. The van der Waals surface area contributed by atoms with Gasteiger partial charge in [-0.1, -0.05) is 26.0 Å². The molecular weight excluding hydrogens is 250 g/mol. The maximum absolute atomic E-state index is 5.18. The summed E-state index contributed by atoms with van der Waals surface area (Å²) in [5.74, 6) is 0.449. The maximum atomic E-state index is 5.18. The fourth-order valence-corrected chi connectivity index (χ4v) is 2.41. The number of nitrogens with one attached hydrogen (secondary N) is 1. The van der Waals surface area contributed by atoms with E-state index in [4.69, 9.17) is 9.72 Å². The summed E-state index contributed by atoms with van der Waals surface area (Å²) in [6, 6.07) is 8.20. The minimum atomic E-state index is 0.215. The van der Waals surface area contributed by atoms with E-state index in [1.54, 1.807) is 7.11 Å². The van der Waals surface area contributed by atoms with Gasteiger partial charge in [0.15, 0.2) is 0 Å². The van der Waals surface area contributed by atoms with E-state index in [0.717, 1.165) is 36.3 Å². The van der Waals surface area contributed by atoms with Gasteiger partial charge in [0, 0.05) is 13.7 Å². The van der Waals surface area contributed by atoms with Crippen LogP contribution < -0.4 is 5.32 Å². The fourth-order valence-electron chi connectivity index (χ4n) is 2.41. The van der Waals surface area contributed by atoms with Crippen LogP contribution >= 0.6 is 0 Å². The average molecular weight is 273 g/mol. The molecule has 2 atom stereocenters. The lowest BCUT2D eigenvalue weighted by Gasteiger charge is -2.24. The van der Waals surface area contributed by atoms with Crippen molar-refractivity contribution in [3.05, 3.63) is 36.2 Å². The molecule has 0 radical (unpaired) electrons. The number of ether oxygens (including phenoxy) is 1. The summed E-state index contributed by atoms with van der Waals surface area (Å²) in [6.45, 7) is 6.02. The van der Waals surface area contributed by atoms with Crippen LogP contribution in [0.5, 0.6) is 0 Å². The van der Waals surface area contributed by atoms with Crippen LogP contribution in [0.3, 0.4) is 0 Å². The fraction of sp³-hybridized carbons (Fsp3) is 0.500. The van der Waals surface area contributed by atoms with Gasteiger partial charge in [0.05, 0.1) is 29.0 Å². The molecule has 1 heterocycles. The van der Waals surface area contributed by atoms with E-state index in [1.807, 2.05) is 30.5 Å². The molecule has 0 fully saturated rings. The molecule has 0 saturated carbocycles. The van der Waals surface area contributed by atoms with E-state index in [0.29, 0.717) is 5.92 Å². The molecule has 0 aliphatic heterocycles. The molecule has 0 aliphatic rings. The Morgan fingerprint density at radius 3 is 2.70 bits per heavy atom. The van der Waals surface area contributed by atoms with E-state index in [9.17, 15) is 0 Å². The molecule has 0 saturated heterocycles. The van der Waals surface area contributed by atoms with Crippen molar-refractivity contribution in [3.8, 4) is 0 Å². The number of fused-ring (bicyclic) bond motifs is 1. The highest BCUT2D eigenvalue weighted by Crippen LogP contribution is 2.24. The highest BCUT2D eigenvalue weighted by atomic mass is 16.5. The Hall–Kier alpha value is -1.52. The summed E-state index contributed by atoms with van der Waals surface area (Å²) in [7, 11) is 1.74. The molecule has 2 aromatic rings. The van der Waals surface area contributed by atoms with Gasteiger partial charge in [0.25, 0.3) is 0 Å². The third-order valence-electron chi connectivity index (χ3n) is 3.56. The van der Waals surface area contributed by atoms with Gasteiger partial charge in [-0.15, -0.1) is 0 Å². The average Bonchev–Trinajstić information content (AvgIpc) is 2.49. The monoisotopic (exact) mass is 273 g/mol. The zero-order valence-electron chi connectivity index (χ0n) is 12.5. The van der Waals surface area contributed by atoms with Gasteiger partial charge in [-0.2, -0.15) is 0 Å². The summed E-state index contributed by atoms with van der Waals surface area (Å²) in [4.78, 5) is 9.27. The number of benzene rings is 1. The third-order valence-corrected chi connectivity index (χ3v) is 3.56. The van der Waals surface area contributed by atoms with Gasteiger partial charge >= 0.3 is 0 Å². The lowest BCUT2D eigenvalue weighted by Crippen LogP contribution is -2.28. The molecule has 108 valence electrons. The van der Waals surface area contributed by atoms with Crippen LogP contribution in [-0.4, -0.2) is 30.2 Å². The number of nitrogens with zero attached hydrogens (tertiary/aromatic N) is 2. The van der Waals surface area contributed by atoms with Crippen LogP contribution in [0.1, 0.15) is 32.0 Å². The zero-order chi connectivity index (χ0) is 14.4. The third kappa shape index (κ3) is 3.52. The van der Waals surface area contributed by atoms with Crippen molar-refractivity contribution in [2.75, 3.05) is 20.3 Å². The van der Waals surface area contributed by atoms with Crippen LogP contribution in [-0.2, 0) is 4.74 Å². The van der Waals surface area contributed by atoms with Crippen molar-refractivity contribution in [2.24, 2.45) is 5.92 Å². The van der Waals surface area contributed by atoms with Crippen molar-refractivity contribution in [1.29, 1.82) is 0 Å². The summed E-state index contributed by atoms with van der Waals surface area (Å²) >= 11 is 0. The molecule has 4 heteroatoms. The highest BCUT2D eigenvalue weighted by Gasteiger charge is 2.20. The molecule has 0 amide bonds. The van der Waals surface area contributed by atoms with Gasteiger partial charge in [0.2, 0.25) is 0 Å². The second kappa shape index (κ2) is 7.31. The first-order valence-corrected chi connectivity index (χ1v) is 7.20. The van der Waals surface area contributed by atoms with Gasteiger partial charge in [-0.05, 0) is 31.0 Å². The number of aromatic nitrogens is 2. The summed E-state index contributed by atoms with van der Waals surface area (Å²) < 4.78 is 5.18. The molecule has 20 heavy (non-hydrogen) atoms. The number of hydrogen-bond acceptors (Lipinski definition) is 4. The minimum absolute atomic E-state index is 0.215. The summed E-state index contributed by atoms with van der Waals surface area (Å²) in [5.41, 5.74) is 2.90. The molecule has 2 unspecified atom stereocenters. The molecule has 0 bridgehead atoms. The molecule has 1 aromatic carbocycles. The predicted molar refractivity (Wildman–Crippen MR) is 81.6 cm³/mol. The topological polar surface area (TPSA) is 47.0 Å². The van der Waals surface area contributed by atoms with Gasteiger partial charge in [-0.3, -0.25) is 4.98 Å². The van der Waals surface area contributed by atoms with Crippen LogP contribution in [0.2, 0.25) is 0 Å². The molecule has 4 nitrogen and oxygen atoms in total. The first-order valence-electron chi connectivity index (χ1n) is 7.20. The van der Waals surface area contributed by atoms with Crippen LogP contribution in [0.25, 0.3) is 11.0 Å². The Labute approximate surface area is 120 Å². The van der Waals surface area contributed by atoms with E-state index < -0.39 is 0 Å². The largest absolute Gasteiger partial charge is 0.385 e. The molecule has 2 rings (SSSR count). The van der Waals surface area contributed by atoms with Crippen molar-refractivity contribution in [2.45, 2.75) is 26.3 Å². The minimum Gasteiger partial charge on any atom is -0.385 e. The molecule has 1 aromatic heterocycles. The lowest BCUT2D eigenvalue weighted by molar-refractivity contribution is 0.170. The number of para-hydroxylation sites is 2. The highest BCUT2D eigenvalue weighted by molar-refractivity contribution is 5.73. The summed E-state index contributed by atoms with van der Waals surface area (Å²) in [5, 5.41) is 3.51. The van der Waals surface area contributed by atoms with Crippen LogP contribution in [0, 0.1) is 5.92 Å². The van der Waals surface area contributed by atoms with E-state index in [2.05, 4.69) is 24.1 Å². The van der Waals surface area contributed by atoms with E-state index in [-0.39, 0.29) is 6.04 Å². The van der Waals surface area contributed by atoms with Crippen molar-refractivity contribution in [1.82, 2.24) is 15.3 Å². The van der Waals surface area contributed by atoms with E-state index in [1.165, 1.54) is 0 Å². The maximum Gasteiger partial charge on any atom is 0.0890 e.